The van der Waals surface area contributed by atoms with Crippen LogP contribution in [0.2, 0.25) is 0 Å². The maximum Gasteiger partial charge on any atom is 0.238 e. The van der Waals surface area contributed by atoms with E-state index in [4.69, 9.17) is 10.5 Å². The number of nitrogens with one attached hydrogen (secondary N) is 1. The molecule has 1 aromatic carbocycles. The van der Waals surface area contributed by atoms with Crippen molar-refractivity contribution in [3.8, 4) is 5.75 Å². The SMILES string of the molecule is CCNC(COc1ccccc1C)C(N)=O. The Morgan fingerprint density at radius 1 is 1.50 bits per heavy atom. The summed E-state index contributed by atoms with van der Waals surface area (Å²) in [5.74, 6) is 0.391. The molecular weight excluding hydrogens is 204 g/mol. The minimum absolute atomic E-state index is 0.258. The molecule has 1 amide bonds. The highest BCUT2D eigenvalue weighted by molar-refractivity contribution is 5.80. The molecule has 0 aliphatic rings. The lowest BCUT2D eigenvalue weighted by atomic mass is 10.2. The van der Waals surface area contributed by atoms with Crippen molar-refractivity contribution in [2.24, 2.45) is 5.73 Å². The van der Waals surface area contributed by atoms with Gasteiger partial charge in [0.25, 0.3) is 0 Å². The Morgan fingerprint density at radius 3 is 2.75 bits per heavy atom. The van der Waals surface area contributed by atoms with Crippen LogP contribution in [0.5, 0.6) is 5.75 Å². The van der Waals surface area contributed by atoms with Crippen LogP contribution in [0.1, 0.15) is 12.5 Å². The fourth-order valence-electron chi connectivity index (χ4n) is 1.38. The number of carbonyl (C=O) groups is 1. The predicted molar refractivity (Wildman–Crippen MR) is 63.3 cm³/mol. The summed E-state index contributed by atoms with van der Waals surface area (Å²) < 4.78 is 5.55. The molecule has 0 saturated carbocycles. The Kier molecular flexibility index (Phi) is 4.79. The first-order valence-corrected chi connectivity index (χ1v) is 5.36. The molecule has 0 heterocycles. The molecule has 0 aliphatic carbocycles. The van der Waals surface area contributed by atoms with Gasteiger partial charge in [0.15, 0.2) is 0 Å². The van der Waals surface area contributed by atoms with Gasteiger partial charge in [0.2, 0.25) is 5.91 Å². The van der Waals surface area contributed by atoms with Crippen LogP contribution in [0.3, 0.4) is 0 Å². The summed E-state index contributed by atoms with van der Waals surface area (Å²) in [7, 11) is 0. The fraction of sp³-hybridized carbons (Fsp3) is 0.417. The number of rotatable bonds is 6. The van der Waals surface area contributed by atoms with Gasteiger partial charge in [0.05, 0.1) is 0 Å². The number of carbonyl (C=O) groups excluding carboxylic acids is 1. The molecule has 88 valence electrons. The maximum atomic E-state index is 11.1. The monoisotopic (exact) mass is 222 g/mol. The lowest BCUT2D eigenvalue weighted by molar-refractivity contribution is -0.120. The van der Waals surface area contributed by atoms with Crippen molar-refractivity contribution in [3.63, 3.8) is 0 Å². The highest BCUT2D eigenvalue weighted by Crippen LogP contribution is 2.16. The molecule has 1 unspecified atom stereocenters. The minimum atomic E-state index is -0.440. The maximum absolute atomic E-state index is 11.1. The average molecular weight is 222 g/mol. The van der Waals surface area contributed by atoms with Crippen LogP contribution in [0, 0.1) is 6.92 Å². The van der Waals surface area contributed by atoms with Gasteiger partial charge in [-0.3, -0.25) is 4.79 Å². The van der Waals surface area contributed by atoms with E-state index in [-0.39, 0.29) is 6.61 Å². The lowest BCUT2D eigenvalue weighted by Gasteiger charge is -2.16. The van der Waals surface area contributed by atoms with E-state index >= 15 is 0 Å². The molecule has 4 heteroatoms. The summed E-state index contributed by atoms with van der Waals surface area (Å²) in [5.41, 5.74) is 6.29. The summed E-state index contributed by atoms with van der Waals surface area (Å²) in [6, 6.07) is 7.23. The largest absolute Gasteiger partial charge is 0.491 e. The van der Waals surface area contributed by atoms with Crippen LogP contribution in [-0.2, 0) is 4.79 Å². The number of likely N-dealkylation sites (N-methyl/N-ethyl adjacent to an activating group) is 1. The highest BCUT2D eigenvalue weighted by Gasteiger charge is 2.14. The Labute approximate surface area is 95.8 Å². The van der Waals surface area contributed by atoms with Crippen LogP contribution >= 0.6 is 0 Å². The number of ether oxygens (including phenoxy) is 1. The number of para-hydroxylation sites is 1. The molecule has 1 aromatic rings. The number of benzene rings is 1. The van der Waals surface area contributed by atoms with Crippen molar-refractivity contribution in [1.29, 1.82) is 0 Å². The van der Waals surface area contributed by atoms with E-state index < -0.39 is 11.9 Å². The molecule has 3 N–H and O–H groups in total. The Morgan fingerprint density at radius 2 is 2.19 bits per heavy atom. The molecule has 0 saturated heterocycles. The zero-order valence-electron chi connectivity index (χ0n) is 9.69. The minimum Gasteiger partial charge on any atom is -0.491 e. The van der Waals surface area contributed by atoms with Gasteiger partial charge in [-0.05, 0) is 25.1 Å². The fourth-order valence-corrected chi connectivity index (χ4v) is 1.38. The molecule has 16 heavy (non-hydrogen) atoms. The van der Waals surface area contributed by atoms with Crippen LogP contribution < -0.4 is 15.8 Å². The van der Waals surface area contributed by atoms with Crippen molar-refractivity contribution in [2.45, 2.75) is 19.9 Å². The normalized spacial score (nSPS) is 12.1. The Hall–Kier alpha value is -1.55. The molecule has 4 nitrogen and oxygen atoms in total. The predicted octanol–water partition coefficient (Wildman–Crippen LogP) is 0.837. The zero-order chi connectivity index (χ0) is 12.0. The van der Waals surface area contributed by atoms with Gasteiger partial charge in [0, 0.05) is 0 Å². The number of nitrogens with two attached hydrogens (primary N) is 1. The van der Waals surface area contributed by atoms with Crippen molar-refractivity contribution in [3.05, 3.63) is 29.8 Å². The quantitative estimate of drug-likeness (QED) is 0.749. The third kappa shape index (κ3) is 3.55. The number of hydrogen-bond donors (Lipinski definition) is 2. The molecule has 0 bridgehead atoms. The van der Waals surface area contributed by atoms with E-state index in [0.717, 1.165) is 11.3 Å². The van der Waals surface area contributed by atoms with Crippen LogP contribution in [-0.4, -0.2) is 25.1 Å². The van der Waals surface area contributed by atoms with Crippen molar-refractivity contribution in [2.75, 3.05) is 13.2 Å². The van der Waals surface area contributed by atoms with Gasteiger partial charge < -0.3 is 15.8 Å². The molecule has 0 aromatic heterocycles. The molecule has 0 fully saturated rings. The third-order valence-electron chi connectivity index (χ3n) is 2.29. The summed E-state index contributed by atoms with van der Waals surface area (Å²) in [6.45, 7) is 4.82. The number of amides is 1. The second kappa shape index (κ2) is 6.12. The Bertz CT molecular complexity index is 353. The molecule has 0 aliphatic heterocycles. The van der Waals surface area contributed by atoms with Gasteiger partial charge in [-0.1, -0.05) is 25.1 Å². The van der Waals surface area contributed by atoms with Gasteiger partial charge in [-0.15, -0.1) is 0 Å². The van der Waals surface area contributed by atoms with E-state index in [9.17, 15) is 4.79 Å². The molecular formula is C12H18N2O2. The first kappa shape index (κ1) is 12.5. The van der Waals surface area contributed by atoms with E-state index in [0.29, 0.717) is 6.54 Å². The number of hydrogen-bond acceptors (Lipinski definition) is 3. The van der Waals surface area contributed by atoms with E-state index in [1.165, 1.54) is 0 Å². The number of primary amides is 1. The van der Waals surface area contributed by atoms with Crippen LogP contribution in [0.4, 0.5) is 0 Å². The molecule has 0 spiro atoms. The zero-order valence-corrected chi connectivity index (χ0v) is 9.69. The summed E-state index contributed by atoms with van der Waals surface area (Å²) in [5, 5.41) is 2.97. The second-order valence-corrected chi connectivity index (χ2v) is 3.59. The average Bonchev–Trinajstić information content (AvgIpc) is 2.26. The summed E-state index contributed by atoms with van der Waals surface area (Å²) in [6.07, 6.45) is 0. The molecule has 1 rings (SSSR count). The van der Waals surface area contributed by atoms with Gasteiger partial charge in [0.1, 0.15) is 18.4 Å². The third-order valence-corrected chi connectivity index (χ3v) is 2.29. The van der Waals surface area contributed by atoms with Crippen molar-refractivity contribution < 1.29 is 9.53 Å². The van der Waals surface area contributed by atoms with Crippen molar-refractivity contribution >= 4 is 5.91 Å². The van der Waals surface area contributed by atoms with Crippen LogP contribution in [0.15, 0.2) is 24.3 Å². The highest BCUT2D eigenvalue weighted by atomic mass is 16.5. The first-order valence-electron chi connectivity index (χ1n) is 5.36. The smallest absolute Gasteiger partial charge is 0.238 e. The molecule has 0 radical (unpaired) electrons. The van der Waals surface area contributed by atoms with E-state index in [1.807, 2.05) is 38.1 Å². The van der Waals surface area contributed by atoms with E-state index in [2.05, 4.69) is 5.32 Å². The van der Waals surface area contributed by atoms with Crippen LogP contribution in [0.25, 0.3) is 0 Å². The topological polar surface area (TPSA) is 64.3 Å². The Balaban J connectivity index is 2.55. The summed E-state index contributed by atoms with van der Waals surface area (Å²) in [4.78, 5) is 11.1. The summed E-state index contributed by atoms with van der Waals surface area (Å²) >= 11 is 0. The van der Waals surface area contributed by atoms with Gasteiger partial charge in [-0.25, -0.2) is 0 Å². The first-order chi connectivity index (χ1) is 7.65. The second-order valence-electron chi connectivity index (χ2n) is 3.59. The number of aryl methyl sites for hydroxylation is 1. The molecule has 1 atom stereocenters. The lowest BCUT2D eigenvalue weighted by Crippen LogP contribution is -2.45. The van der Waals surface area contributed by atoms with E-state index in [1.54, 1.807) is 0 Å². The van der Waals surface area contributed by atoms with Gasteiger partial charge in [-0.2, -0.15) is 0 Å². The van der Waals surface area contributed by atoms with Gasteiger partial charge >= 0.3 is 0 Å². The van der Waals surface area contributed by atoms with Crippen molar-refractivity contribution in [1.82, 2.24) is 5.32 Å². The standard InChI is InChI=1S/C12H18N2O2/c1-3-14-10(12(13)15)8-16-11-7-5-4-6-9(11)2/h4-7,10,14H,3,8H2,1-2H3,(H2,13,15).